The fourth-order valence-corrected chi connectivity index (χ4v) is 3.73. The SMILES string of the molecule is CCN1CCCOc2ccc(Nc3ncc(Cl)c(Nc4c(F)cccc4C(=O)NC)n3)cc21.Cl. The lowest BCUT2D eigenvalue weighted by molar-refractivity contribution is 0.0963. The highest BCUT2D eigenvalue weighted by Crippen LogP contribution is 2.35. The molecule has 0 atom stereocenters. The minimum absolute atomic E-state index is 0. The first-order chi connectivity index (χ1) is 16.0. The van der Waals surface area contributed by atoms with Gasteiger partial charge in [-0.3, -0.25) is 4.79 Å². The van der Waals surface area contributed by atoms with Gasteiger partial charge in [-0.05, 0) is 43.7 Å². The Morgan fingerprint density at radius 1 is 1.26 bits per heavy atom. The predicted octanol–water partition coefficient (Wildman–Crippen LogP) is 5.15. The van der Waals surface area contributed by atoms with E-state index >= 15 is 0 Å². The maximum Gasteiger partial charge on any atom is 0.253 e. The van der Waals surface area contributed by atoms with Crippen molar-refractivity contribution < 1.29 is 13.9 Å². The minimum atomic E-state index is -0.606. The standard InChI is InChI=1S/C23H24ClFN6O2.ClH/c1-3-31-10-5-11-33-19-9-8-14(12-18(19)31)28-23-27-13-16(24)21(30-23)29-20-15(22(32)26-2)6-4-7-17(20)25;/h4,6-9,12-13H,3,5,10-11H2,1-2H3,(H,26,32)(H2,27,28,29,30);1H. The van der Waals surface area contributed by atoms with Crippen molar-refractivity contribution in [2.75, 3.05) is 42.3 Å². The summed E-state index contributed by atoms with van der Waals surface area (Å²) < 4.78 is 20.4. The largest absolute Gasteiger partial charge is 0.491 e. The molecule has 3 aromatic rings. The number of ether oxygens (including phenoxy) is 1. The van der Waals surface area contributed by atoms with Gasteiger partial charge in [0.1, 0.15) is 16.6 Å². The molecule has 0 saturated heterocycles. The van der Waals surface area contributed by atoms with Gasteiger partial charge in [0.15, 0.2) is 5.82 Å². The summed E-state index contributed by atoms with van der Waals surface area (Å²) in [7, 11) is 1.47. The van der Waals surface area contributed by atoms with Gasteiger partial charge in [0.25, 0.3) is 5.91 Å². The minimum Gasteiger partial charge on any atom is -0.491 e. The number of anilines is 5. The lowest BCUT2D eigenvalue weighted by Crippen LogP contribution is -2.23. The molecule has 8 nitrogen and oxygen atoms in total. The van der Waals surface area contributed by atoms with E-state index in [4.69, 9.17) is 16.3 Å². The van der Waals surface area contributed by atoms with Crippen molar-refractivity contribution in [3.05, 3.63) is 59.0 Å². The summed E-state index contributed by atoms with van der Waals surface area (Å²) in [5, 5.41) is 8.67. The van der Waals surface area contributed by atoms with Crippen LogP contribution in [0.15, 0.2) is 42.6 Å². The number of rotatable bonds is 6. The van der Waals surface area contributed by atoms with E-state index < -0.39 is 11.7 Å². The van der Waals surface area contributed by atoms with Gasteiger partial charge in [0.05, 0.1) is 29.7 Å². The molecule has 0 aliphatic carbocycles. The molecule has 34 heavy (non-hydrogen) atoms. The summed E-state index contributed by atoms with van der Waals surface area (Å²) in [4.78, 5) is 23.0. The number of para-hydroxylation sites is 1. The number of nitrogens with one attached hydrogen (secondary N) is 3. The normalized spacial score (nSPS) is 12.5. The highest BCUT2D eigenvalue weighted by atomic mass is 35.5. The summed E-state index contributed by atoms with van der Waals surface area (Å²) in [5.74, 6) is 0.217. The van der Waals surface area contributed by atoms with Gasteiger partial charge >= 0.3 is 0 Å². The summed E-state index contributed by atoms with van der Waals surface area (Å²) >= 11 is 6.26. The Bertz CT molecular complexity index is 1180. The van der Waals surface area contributed by atoms with Crippen LogP contribution in [-0.4, -0.2) is 42.6 Å². The maximum atomic E-state index is 14.5. The number of amides is 1. The van der Waals surface area contributed by atoms with E-state index in [-0.39, 0.29) is 40.4 Å². The molecular weight excluding hydrogens is 482 g/mol. The fraction of sp³-hybridized carbons (Fsp3) is 0.261. The number of aromatic nitrogens is 2. The first kappa shape index (κ1) is 25.3. The van der Waals surface area contributed by atoms with E-state index in [1.54, 1.807) is 0 Å². The third-order valence-electron chi connectivity index (χ3n) is 5.24. The first-order valence-corrected chi connectivity index (χ1v) is 11.0. The second kappa shape index (κ2) is 11.2. The van der Waals surface area contributed by atoms with Crippen molar-refractivity contribution in [3.63, 3.8) is 0 Å². The molecule has 3 N–H and O–H groups in total. The Hall–Kier alpha value is -3.30. The topological polar surface area (TPSA) is 91.4 Å². The van der Waals surface area contributed by atoms with E-state index in [1.165, 1.54) is 31.4 Å². The molecule has 1 amide bonds. The Morgan fingerprint density at radius 3 is 2.85 bits per heavy atom. The quantitative estimate of drug-likeness (QED) is 0.425. The van der Waals surface area contributed by atoms with Crippen molar-refractivity contribution >= 4 is 58.7 Å². The zero-order chi connectivity index (χ0) is 23.4. The Kier molecular flexibility index (Phi) is 8.36. The van der Waals surface area contributed by atoms with Crippen LogP contribution in [0.2, 0.25) is 5.02 Å². The number of carbonyl (C=O) groups is 1. The number of halogens is 3. The Morgan fingerprint density at radius 2 is 2.09 bits per heavy atom. The third kappa shape index (κ3) is 5.43. The van der Waals surface area contributed by atoms with Crippen LogP contribution in [-0.2, 0) is 0 Å². The summed E-state index contributed by atoms with van der Waals surface area (Å²) in [6.07, 6.45) is 2.36. The number of nitrogens with zero attached hydrogens (tertiary/aromatic N) is 3. The van der Waals surface area contributed by atoms with Gasteiger partial charge in [0.2, 0.25) is 5.95 Å². The monoisotopic (exact) mass is 506 g/mol. The summed E-state index contributed by atoms with van der Waals surface area (Å²) in [6.45, 7) is 4.56. The molecule has 0 unspecified atom stereocenters. The van der Waals surface area contributed by atoms with E-state index in [9.17, 15) is 9.18 Å². The number of hydrogen-bond donors (Lipinski definition) is 3. The molecule has 2 heterocycles. The van der Waals surface area contributed by atoms with Crippen LogP contribution in [0.3, 0.4) is 0 Å². The van der Waals surface area contributed by atoms with Crippen LogP contribution in [0.4, 0.5) is 33.2 Å². The lowest BCUT2D eigenvalue weighted by Gasteiger charge is -2.22. The molecule has 180 valence electrons. The predicted molar refractivity (Wildman–Crippen MR) is 135 cm³/mol. The molecule has 1 aliphatic heterocycles. The third-order valence-corrected chi connectivity index (χ3v) is 5.52. The van der Waals surface area contributed by atoms with Crippen LogP contribution < -0.4 is 25.6 Å². The molecule has 0 bridgehead atoms. The van der Waals surface area contributed by atoms with Crippen molar-refractivity contribution in [3.8, 4) is 5.75 Å². The molecule has 0 spiro atoms. The van der Waals surface area contributed by atoms with E-state index in [2.05, 4.69) is 37.7 Å². The zero-order valence-electron chi connectivity index (χ0n) is 18.7. The van der Waals surface area contributed by atoms with Crippen molar-refractivity contribution in [1.29, 1.82) is 0 Å². The van der Waals surface area contributed by atoms with Gasteiger partial charge in [0, 0.05) is 25.8 Å². The Balaban J connectivity index is 0.00000324. The van der Waals surface area contributed by atoms with Crippen molar-refractivity contribution in [1.82, 2.24) is 15.3 Å². The van der Waals surface area contributed by atoms with E-state index in [1.807, 2.05) is 18.2 Å². The summed E-state index contributed by atoms with van der Waals surface area (Å²) in [6, 6.07) is 9.99. The van der Waals surface area contributed by atoms with Gasteiger partial charge in [-0.2, -0.15) is 4.98 Å². The van der Waals surface area contributed by atoms with Gasteiger partial charge in [-0.25, -0.2) is 9.37 Å². The van der Waals surface area contributed by atoms with Gasteiger partial charge < -0.3 is 25.6 Å². The van der Waals surface area contributed by atoms with Gasteiger partial charge in [-0.15, -0.1) is 12.4 Å². The molecule has 4 rings (SSSR count). The van der Waals surface area contributed by atoms with Crippen molar-refractivity contribution in [2.45, 2.75) is 13.3 Å². The second-order valence-corrected chi connectivity index (χ2v) is 7.75. The molecular formula is C23H25Cl2FN6O2. The first-order valence-electron chi connectivity index (χ1n) is 10.6. The molecule has 1 aromatic heterocycles. The molecule has 0 fully saturated rings. The number of benzene rings is 2. The molecule has 2 aromatic carbocycles. The number of hydrogen-bond acceptors (Lipinski definition) is 7. The maximum absolute atomic E-state index is 14.5. The van der Waals surface area contributed by atoms with Crippen LogP contribution in [0.25, 0.3) is 0 Å². The average Bonchev–Trinajstić information content (AvgIpc) is 3.03. The zero-order valence-corrected chi connectivity index (χ0v) is 20.3. The van der Waals surface area contributed by atoms with Crippen molar-refractivity contribution in [2.24, 2.45) is 0 Å². The van der Waals surface area contributed by atoms with E-state index in [0.29, 0.717) is 6.61 Å². The highest BCUT2D eigenvalue weighted by molar-refractivity contribution is 6.33. The average molecular weight is 507 g/mol. The van der Waals surface area contributed by atoms with E-state index in [0.717, 1.165) is 36.6 Å². The van der Waals surface area contributed by atoms with Crippen LogP contribution in [0.1, 0.15) is 23.7 Å². The highest BCUT2D eigenvalue weighted by Gasteiger charge is 2.18. The second-order valence-electron chi connectivity index (χ2n) is 7.35. The van der Waals surface area contributed by atoms with Crippen LogP contribution >= 0.6 is 24.0 Å². The number of fused-ring (bicyclic) bond motifs is 1. The number of carbonyl (C=O) groups excluding carboxylic acids is 1. The molecule has 11 heteroatoms. The van der Waals surface area contributed by atoms with Crippen LogP contribution in [0, 0.1) is 5.82 Å². The van der Waals surface area contributed by atoms with Gasteiger partial charge in [-0.1, -0.05) is 17.7 Å². The molecule has 0 radical (unpaired) electrons. The molecule has 1 aliphatic rings. The summed E-state index contributed by atoms with van der Waals surface area (Å²) in [5.41, 5.74) is 1.87. The fourth-order valence-electron chi connectivity index (χ4n) is 3.59. The molecule has 0 saturated carbocycles. The lowest BCUT2D eigenvalue weighted by atomic mass is 10.1. The Labute approximate surface area is 208 Å². The smallest absolute Gasteiger partial charge is 0.253 e. The van der Waals surface area contributed by atoms with Crippen LogP contribution in [0.5, 0.6) is 5.75 Å².